The van der Waals surface area contributed by atoms with Gasteiger partial charge in [0.25, 0.3) is 0 Å². The van der Waals surface area contributed by atoms with Crippen molar-refractivity contribution >= 4 is 5.97 Å². The maximum absolute atomic E-state index is 11.0. The van der Waals surface area contributed by atoms with Gasteiger partial charge in [-0.3, -0.25) is 4.79 Å². The number of hydrogen-bond donors (Lipinski definition) is 2. The molecule has 1 unspecified atom stereocenters. The molecule has 1 aromatic carbocycles. The molecule has 17 heavy (non-hydrogen) atoms. The second-order valence-corrected chi connectivity index (χ2v) is 5.15. The molecule has 1 rings (SSSR count). The molecular weight excluding hydrogens is 214 g/mol. The Morgan fingerprint density at radius 1 is 1.41 bits per heavy atom. The van der Waals surface area contributed by atoms with E-state index >= 15 is 0 Å². The van der Waals surface area contributed by atoms with Gasteiger partial charge in [0.2, 0.25) is 0 Å². The van der Waals surface area contributed by atoms with Gasteiger partial charge in [0.1, 0.15) is 0 Å². The average molecular weight is 235 g/mol. The van der Waals surface area contributed by atoms with Crippen LogP contribution < -0.4 is 5.32 Å². The van der Waals surface area contributed by atoms with Crippen LogP contribution in [-0.4, -0.2) is 17.6 Å². The number of hydrogen-bond acceptors (Lipinski definition) is 2. The summed E-state index contributed by atoms with van der Waals surface area (Å²) in [6, 6.07) is 8.31. The highest BCUT2D eigenvalue weighted by molar-refractivity contribution is 5.73. The summed E-state index contributed by atoms with van der Waals surface area (Å²) < 4.78 is 0. The van der Waals surface area contributed by atoms with Gasteiger partial charge in [-0.05, 0) is 38.8 Å². The van der Waals surface area contributed by atoms with E-state index in [9.17, 15) is 4.79 Å². The minimum absolute atomic E-state index is 0.162. The zero-order valence-electron chi connectivity index (χ0n) is 10.9. The van der Waals surface area contributed by atoms with Crippen LogP contribution in [0, 0.1) is 12.3 Å². The summed E-state index contributed by atoms with van der Waals surface area (Å²) in [5, 5.41) is 12.3. The molecule has 3 nitrogen and oxygen atoms in total. The summed E-state index contributed by atoms with van der Waals surface area (Å²) in [4.78, 5) is 11.0. The number of benzene rings is 1. The molecule has 0 aliphatic heterocycles. The van der Waals surface area contributed by atoms with Gasteiger partial charge in [0, 0.05) is 12.6 Å². The van der Waals surface area contributed by atoms with E-state index < -0.39 is 11.4 Å². The lowest BCUT2D eigenvalue weighted by atomic mass is 9.93. The summed E-state index contributed by atoms with van der Waals surface area (Å²) in [7, 11) is 0. The Hall–Kier alpha value is -1.35. The zero-order chi connectivity index (χ0) is 13.1. The molecule has 94 valence electrons. The Morgan fingerprint density at radius 3 is 2.53 bits per heavy atom. The third-order valence-corrected chi connectivity index (χ3v) is 3.08. The van der Waals surface area contributed by atoms with E-state index in [1.807, 2.05) is 12.1 Å². The summed E-state index contributed by atoms with van der Waals surface area (Å²) in [6.07, 6.45) is 0. The fourth-order valence-corrected chi connectivity index (χ4v) is 1.67. The fourth-order valence-electron chi connectivity index (χ4n) is 1.67. The third-order valence-electron chi connectivity index (χ3n) is 3.08. The lowest BCUT2D eigenvalue weighted by Gasteiger charge is -2.24. The average Bonchev–Trinajstić information content (AvgIpc) is 2.26. The van der Waals surface area contributed by atoms with E-state index in [-0.39, 0.29) is 6.04 Å². The molecule has 0 saturated heterocycles. The quantitative estimate of drug-likeness (QED) is 0.825. The molecule has 0 fully saturated rings. The van der Waals surface area contributed by atoms with Crippen LogP contribution in [0.3, 0.4) is 0 Å². The van der Waals surface area contributed by atoms with Crippen LogP contribution >= 0.6 is 0 Å². The molecule has 0 heterocycles. The van der Waals surface area contributed by atoms with Crippen molar-refractivity contribution in [3.8, 4) is 0 Å². The minimum Gasteiger partial charge on any atom is -0.481 e. The first-order chi connectivity index (χ1) is 7.84. The van der Waals surface area contributed by atoms with Crippen molar-refractivity contribution in [2.75, 3.05) is 6.54 Å². The van der Waals surface area contributed by atoms with Gasteiger partial charge in [0.05, 0.1) is 5.41 Å². The molecule has 1 atom stereocenters. The number of carboxylic acid groups (broad SMARTS) is 1. The molecule has 0 saturated carbocycles. The highest BCUT2D eigenvalue weighted by atomic mass is 16.4. The molecule has 0 bridgehead atoms. The van der Waals surface area contributed by atoms with Gasteiger partial charge in [-0.25, -0.2) is 0 Å². The number of carbonyl (C=O) groups is 1. The Kier molecular flexibility index (Phi) is 4.29. The lowest BCUT2D eigenvalue weighted by Crippen LogP contribution is -2.37. The second kappa shape index (κ2) is 5.32. The van der Waals surface area contributed by atoms with E-state index in [0.29, 0.717) is 6.54 Å². The normalized spacial score (nSPS) is 13.4. The standard InChI is InChI=1S/C14H21NO2/c1-10-7-5-6-8-12(10)11(2)15-9-14(3,4)13(16)17/h5-8,11,15H,9H2,1-4H3,(H,16,17). The monoisotopic (exact) mass is 235 g/mol. The molecule has 1 aromatic rings. The first-order valence-corrected chi connectivity index (χ1v) is 5.87. The summed E-state index contributed by atoms with van der Waals surface area (Å²) in [5.41, 5.74) is 1.70. The van der Waals surface area contributed by atoms with Crippen molar-refractivity contribution < 1.29 is 9.90 Å². The molecule has 0 aliphatic rings. The number of aliphatic carboxylic acids is 1. The molecule has 0 spiro atoms. The SMILES string of the molecule is Cc1ccccc1C(C)NCC(C)(C)C(=O)O. The Bertz CT molecular complexity index is 399. The molecule has 3 heteroatoms. The molecule has 0 amide bonds. The van der Waals surface area contributed by atoms with E-state index in [2.05, 4.69) is 31.3 Å². The van der Waals surface area contributed by atoms with Crippen molar-refractivity contribution in [3.63, 3.8) is 0 Å². The highest BCUT2D eigenvalue weighted by Crippen LogP contribution is 2.19. The van der Waals surface area contributed by atoms with Crippen LogP contribution in [0.2, 0.25) is 0 Å². The van der Waals surface area contributed by atoms with E-state index in [0.717, 1.165) is 0 Å². The zero-order valence-corrected chi connectivity index (χ0v) is 10.9. The van der Waals surface area contributed by atoms with Gasteiger partial charge >= 0.3 is 5.97 Å². The number of rotatable bonds is 5. The van der Waals surface area contributed by atoms with Gasteiger partial charge in [-0.1, -0.05) is 24.3 Å². The Labute approximate surface area is 103 Å². The first kappa shape index (κ1) is 13.7. The Balaban J connectivity index is 2.65. The summed E-state index contributed by atoms with van der Waals surface area (Å²) in [6.45, 7) is 8.04. The fraction of sp³-hybridized carbons (Fsp3) is 0.500. The van der Waals surface area contributed by atoms with Crippen molar-refractivity contribution in [3.05, 3.63) is 35.4 Å². The first-order valence-electron chi connectivity index (χ1n) is 5.87. The van der Waals surface area contributed by atoms with Crippen LogP contribution in [0.25, 0.3) is 0 Å². The lowest BCUT2D eigenvalue weighted by molar-refractivity contribution is -0.146. The van der Waals surface area contributed by atoms with Gasteiger partial charge in [-0.15, -0.1) is 0 Å². The number of aryl methyl sites for hydroxylation is 1. The van der Waals surface area contributed by atoms with Crippen molar-refractivity contribution in [1.82, 2.24) is 5.32 Å². The minimum atomic E-state index is -0.776. The molecule has 0 aromatic heterocycles. The van der Waals surface area contributed by atoms with Crippen LogP contribution in [0.4, 0.5) is 0 Å². The van der Waals surface area contributed by atoms with E-state index in [4.69, 9.17) is 5.11 Å². The summed E-state index contributed by atoms with van der Waals surface area (Å²) >= 11 is 0. The van der Waals surface area contributed by atoms with Crippen molar-refractivity contribution in [1.29, 1.82) is 0 Å². The van der Waals surface area contributed by atoms with Gasteiger partial charge in [0.15, 0.2) is 0 Å². The van der Waals surface area contributed by atoms with Gasteiger partial charge in [-0.2, -0.15) is 0 Å². The highest BCUT2D eigenvalue weighted by Gasteiger charge is 2.27. The van der Waals surface area contributed by atoms with Gasteiger partial charge < -0.3 is 10.4 Å². The predicted octanol–water partition coefficient (Wildman–Crippen LogP) is 2.76. The van der Waals surface area contributed by atoms with E-state index in [1.54, 1.807) is 13.8 Å². The number of carboxylic acids is 1. The van der Waals surface area contributed by atoms with Crippen LogP contribution in [-0.2, 0) is 4.79 Å². The Morgan fingerprint density at radius 2 is 2.00 bits per heavy atom. The molecule has 2 N–H and O–H groups in total. The van der Waals surface area contributed by atoms with Crippen molar-refractivity contribution in [2.24, 2.45) is 5.41 Å². The van der Waals surface area contributed by atoms with Crippen molar-refractivity contribution in [2.45, 2.75) is 33.7 Å². The van der Waals surface area contributed by atoms with Crippen LogP contribution in [0.15, 0.2) is 24.3 Å². The maximum Gasteiger partial charge on any atom is 0.310 e. The predicted molar refractivity (Wildman–Crippen MR) is 69.0 cm³/mol. The number of nitrogens with one attached hydrogen (secondary N) is 1. The topological polar surface area (TPSA) is 49.3 Å². The van der Waals surface area contributed by atoms with E-state index in [1.165, 1.54) is 11.1 Å². The molecule has 0 aliphatic carbocycles. The molecular formula is C14H21NO2. The smallest absolute Gasteiger partial charge is 0.310 e. The maximum atomic E-state index is 11.0. The third kappa shape index (κ3) is 3.56. The second-order valence-electron chi connectivity index (χ2n) is 5.15. The summed E-state index contributed by atoms with van der Waals surface area (Å²) in [5.74, 6) is -0.776. The van der Waals surface area contributed by atoms with Crippen LogP contribution in [0.5, 0.6) is 0 Å². The largest absolute Gasteiger partial charge is 0.481 e. The molecule has 0 radical (unpaired) electrons. The van der Waals surface area contributed by atoms with Crippen LogP contribution in [0.1, 0.15) is 37.9 Å².